The summed E-state index contributed by atoms with van der Waals surface area (Å²) in [6.07, 6.45) is 3.65. The number of amides is 1. The molecule has 0 saturated carbocycles. The molecule has 1 unspecified atom stereocenters. The van der Waals surface area contributed by atoms with Gasteiger partial charge < -0.3 is 5.32 Å². The van der Waals surface area contributed by atoms with Crippen LogP contribution >= 0.6 is 15.9 Å². The van der Waals surface area contributed by atoms with Gasteiger partial charge in [0.1, 0.15) is 0 Å². The number of carbonyl (C=O) groups is 1. The van der Waals surface area contributed by atoms with Gasteiger partial charge in [0.25, 0.3) is 0 Å². The number of rotatable bonds is 2. The molecular formula is C16H22BrNO. The van der Waals surface area contributed by atoms with E-state index in [4.69, 9.17) is 0 Å². The second-order valence-electron chi connectivity index (χ2n) is 6.55. The molecule has 1 heterocycles. The molecule has 104 valence electrons. The van der Waals surface area contributed by atoms with E-state index in [2.05, 4.69) is 54.2 Å². The summed E-state index contributed by atoms with van der Waals surface area (Å²) in [6.45, 7) is 6.76. The molecule has 1 N–H and O–H groups in total. The molecule has 0 aromatic heterocycles. The Bertz CT molecular complexity index is 476. The Morgan fingerprint density at radius 3 is 2.74 bits per heavy atom. The van der Waals surface area contributed by atoms with Gasteiger partial charge in [-0.25, -0.2) is 0 Å². The monoisotopic (exact) mass is 323 g/mol. The summed E-state index contributed by atoms with van der Waals surface area (Å²) < 4.78 is 0. The number of hydrogen-bond acceptors (Lipinski definition) is 1. The third-order valence-electron chi connectivity index (χ3n) is 3.41. The molecule has 1 atom stereocenters. The molecule has 0 fully saturated rings. The fraction of sp³-hybridized carbons (Fsp3) is 0.562. The van der Waals surface area contributed by atoms with E-state index in [1.165, 1.54) is 11.1 Å². The van der Waals surface area contributed by atoms with E-state index < -0.39 is 0 Å². The van der Waals surface area contributed by atoms with E-state index in [0.29, 0.717) is 16.7 Å². The predicted molar refractivity (Wildman–Crippen MR) is 83.7 cm³/mol. The van der Waals surface area contributed by atoms with E-state index in [0.717, 1.165) is 24.9 Å². The number of halogens is 1. The van der Waals surface area contributed by atoms with Crippen molar-refractivity contribution < 1.29 is 4.79 Å². The fourth-order valence-corrected chi connectivity index (χ4v) is 3.70. The lowest BCUT2D eigenvalue weighted by atomic mass is 9.88. The van der Waals surface area contributed by atoms with Gasteiger partial charge in [-0.05, 0) is 41.9 Å². The standard InChI is InChI=1S/C16H22BrNO/c1-16(2,3)10-13(17)11-7-8-14-12(9-11)5-4-6-15(19)18-14/h7-9,13H,4-6,10H2,1-3H3,(H,18,19). The van der Waals surface area contributed by atoms with Crippen LogP contribution in [0.15, 0.2) is 18.2 Å². The maximum Gasteiger partial charge on any atom is 0.224 e. The minimum absolute atomic E-state index is 0.136. The molecule has 1 amide bonds. The first kappa shape index (κ1) is 14.6. The number of hydrogen-bond donors (Lipinski definition) is 1. The lowest BCUT2D eigenvalue weighted by Gasteiger charge is -2.23. The van der Waals surface area contributed by atoms with Crippen LogP contribution in [0, 0.1) is 5.41 Å². The zero-order valence-corrected chi connectivity index (χ0v) is 13.5. The second kappa shape index (κ2) is 5.66. The lowest BCUT2D eigenvalue weighted by molar-refractivity contribution is -0.116. The average molecular weight is 324 g/mol. The number of nitrogens with one attached hydrogen (secondary N) is 1. The zero-order valence-electron chi connectivity index (χ0n) is 11.9. The van der Waals surface area contributed by atoms with Crippen molar-refractivity contribution in [2.75, 3.05) is 5.32 Å². The first-order chi connectivity index (χ1) is 8.85. The zero-order chi connectivity index (χ0) is 14.0. The summed E-state index contributed by atoms with van der Waals surface area (Å²) in [5.74, 6) is 0.136. The van der Waals surface area contributed by atoms with Gasteiger partial charge in [-0.15, -0.1) is 0 Å². The smallest absolute Gasteiger partial charge is 0.224 e. The van der Waals surface area contributed by atoms with E-state index in [1.54, 1.807) is 0 Å². The molecule has 2 rings (SSSR count). The second-order valence-corrected chi connectivity index (χ2v) is 7.66. The Morgan fingerprint density at radius 2 is 2.05 bits per heavy atom. The maximum atomic E-state index is 11.5. The summed E-state index contributed by atoms with van der Waals surface area (Å²) in [7, 11) is 0. The molecule has 0 radical (unpaired) electrons. The van der Waals surface area contributed by atoms with Crippen LogP contribution in [0.5, 0.6) is 0 Å². The van der Waals surface area contributed by atoms with Crippen LogP contribution < -0.4 is 5.32 Å². The van der Waals surface area contributed by atoms with Crippen molar-refractivity contribution in [2.24, 2.45) is 5.41 Å². The van der Waals surface area contributed by atoms with Crippen molar-refractivity contribution in [3.05, 3.63) is 29.3 Å². The maximum absolute atomic E-state index is 11.5. The summed E-state index contributed by atoms with van der Waals surface area (Å²) in [5.41, 5.74) is 3.86. The van der Waals surface area contributed by atoms with Gasteiger partial charge in [-0.3, -0.25) is 4.79 Å². The summed E-state index contributed by atoms with van der Waals surface area (Å²) in [5, 5.41) is 2.98. The predicted octanol–water partition coefficient (Wildman–Crippen LogP) is 4.83. The number of aryl methyl sites for hydroxylation is 1. The Balaban J connectivity index is 2.21. The molecule has 19 heavy (non-hydrogen) atoms. The molecule has 2 nitrogen and oxygen atoms in total. The summed E-state index contributed by atoms with van der Waals surface area (Å²) in [4.78, 5) is 11.9. The van der Waals surface area contributed by atoms with Gasteiger partial charge in [-0.1, -0.05) is 48.8 Å². The van der Waals surface area contributed by atoms with Crippen molar-refractivity contribution in [2.45, 2.75) is 51.3 Å². The third-order valence-corrected chi connectivity index (χ3v) is 4.26. The van der Waals surface area contributed by atoms with E-state index in [9.17, 15) is 4.79 Å². The SMILES string of the molecule is CC(C)(C)CC(Br)c1ccc2c(c1)CCCC(=O)N2. The normalized spacial score (nSPS) is 17.4. The number of carbonyl (C=O) groups excluding carboxylic acids is 1. The highest BCUT2D eigenvalue weighted by Crippen LogP contribution is 2.37. The van der Waals surface area contributed by atoms with Crippen LogP contribution in [-0.2, 0) is 11.2 Å². The molecular weight excluding hydrogens is 302 g/mol. The van der Waals surface area contributed by atoms with Crippen LogP contribution in [0.4, 0.5) is 5.69 Å². The Kier molecular flexibility index (Phi) is 4.34. The van der Waals surface area contributed by atoms with Gasteiger partial charge in [0.2, 0.25) is 5.91 Å². The van der Waals surface area contributed by atoms with Crippen molar-refractivity contribution in [3.8, 4) is 0 Å². The minimum atomic E-state index is 0.136. The van der Waals surface area contributed by atoms with Crippen molar-refractivity contribution >= 4 is 27.5 Å². The van der Waals surface area contributed by atoms with Crippen LogP contribution in [0.2, 0.25) is 0 Å². The molecule has 0 aliphatic carbocycles. The third kappa shape index (κ3) is 4.07. The molecule has 0 spiro atoms. The quantitative estimate of drug-likeness (QED) is 0.775. The summed E-state index contributed by atoms with van der Waals surface area (Å²) >= 11 is 3.79. The minimum Gasteiger partial charge on any atom is -0.326 e. The number of anilines is 1. The highest BCUT2D eigenvalue weighted by atomic mass is 79.9. The topological polar surface area (TPSA) is 29.1 Å². The van der Waals surface area contributed by atoms with Gasteiger partial charge in [0, 0.05) is 16.9 Å². The first-order valence-corrected chi connectivity index (χ1v) is 7.83. The fourth-order valence-electron chi connectivity index (χ4n) is 2.44. The van der Waals surface area contributed by atoms with Gasteiger partial charge in [0.15, 0.2) is 0 Å². The molecule has 0 saturated heterocycles. The molecule has 3 heteroatoms. The van der Waals surface area contributed by atoms with Gasteiger partial charge in [-0.2, -0.15) is 0 Å². The van der Waals surface area contributed by atoms with Crippen molar-refractivity contribution in [1.29, 1.82) is 0 Å². The molecule has 1 aromatic carbocycles. The Hall–Kier alpha value is -0.830. The van der Waals surface area contributed by atoms with E-state index in [1.807, 2.05) is 6.07 Å². The average Bonchev–Trinajstić information content (AvgIpc) is 2.46. The highest BCUT2D eigenvalue weighted by Gasteiger charge is 2.20. The van der Waals surface area contributed by atoms with E-state index >= 15 is 0 Å². The van der Waals surface area contributed by atoms with Crippen LogP contribution in [0.25, 0.3) is 0 Å². The van der Waals surface area contributed by atoms with E-state index in [-0.39, 0.29) is 5.91 Å². The summed E-state index contributed by atoms with van der Waals surface area (Å²) in [6, 6.07) is 6.41. The molecule has 1 aliphatic rings. The van der Waals surface area contributed by atoms with Crippen molar-refractivity contribution in [1.82, 2.24) is 0 Å². The number of benzene rings is 1. The number of alkyl halides is 1. The van der Waals surface area contributed by atoms with Gasteiger partial charge in [0.05, 0.1) is 0 Å². The molecule has 1 aliphatic heterocycles. The Morgan fingerprint density at radius 1 is 1.32 bits per heavy atom. The van der Waals surface area contributed by atoms with Crippen LogP contribution in [0.1, 0.15) is 56.0 Å². The highest BCUT2D eigenvalue weighted by molar-refractivity contribution is 9.09. The lowest BCUT2D eigenvalue weighted by Crippen LogP contribution is -2.10. The number of fused-ring (bicyclic) bond motifs is 1. The van der Waals surface area contributed by atoms with Gasteiger partial charge >= 0.3 is 0 Å². The molecule has 1 aromatic rings. The first-order valence-electron chi connectivity index (χ1n) is 6.92. The largest absolute Gasteiger partial charge is 0.326 e. The van der Waals surface area contributed by atoms with Crippen LogP contribution in [-0.4, -0.2) is 5.91 Å². The van der Waals surface area contributed by atoms with Crippen molar-refractivity contribution in [3.63, 3.8) is 0 Å². The molecule has 0 bridgehead atoms. The Labute approximate surface area is 124 Å². The van der Waals surface area contributed by atoms with Crippen LogP contribution in [0.3, 0.4) is 0 Å².